The van der Waals surface area contributed by atoms with Crippen LogP contribution < -0.4 is 0 Å². The third kappa shape index (κ3) is 5.93. The molecule has 1 aliphatic rings. The van der Waals surface area contributed by atoms with Crippen LogP contribution in [0.4, 0.5) is 22.0 Å². The summed E-state index contributed by atoms with van der Waals surface area (Å²) in [7, 11) is -6.25. The molecule has 0 amide bonds. The first-order valence-corrected chi connectivity index (χ1v) is 9.90. The largest absolute Gasteiger partial charge is 0.427 e. The zero-order chi connectivity index (χ0) is 21.9. The number of rotatable bonds is 8. The van der Waals surface area contributed by atoms with E-state index in [1.165, 1.54) is 30.3 Å². The van der Waals surface area contributed by atoms with Gasteiger partial charge < -0.3 is 9.47 Å². The van der Waals surface area contributed by atoms with Crippen LogP contribution in [0.2, 0.25) is 0 Å². The molecular formula is C17H19F5O6S. The Hall–Kier alpha value is -1.63. The molecule has 0 bridgehead atoms. The summed E-state index contributed by atoms with van der Waals surface area (Å²) in [5.74, 6) is -3.99. The van der Waals surface area contributed by atoms with Crippen molar-refractivity contribution in [2.45, 2.75) is 49.5 Å². The van der Waals surface area contributed by atoms with Crippen molar-refractivity contribution >= 4 is 15.9 Å². The smallest absolute Gasteiger partial charge is 0.350 e. The molecule has 1 fully saturated rings. The van der Waals surface area contributed by atoms with E-state index in [1.54, 1.807) is 0 Å². The van der Waals surface area contributed by atoms with Gasteiger partial charge in [0.2, 0.25) is 5.78 Å². The van der Waals surface area contributed by atoms with E-state index in [9.17, 15) is 35.2 Å². The first kappa shape index (κ1) is 23.6. The molecule has 1 aromatic carbocycles. The number of carbonyl (C=O) groups is 1. The molecule has 0 saturated carbocycles. The van der Waals surface area contributed by atoms with Crippen molar-refractivity contribution in [1.29, 1.82) is 0 Å². The fourth-order valence-electron chi connectivity index (χ4n) is 2.57. The molecule has 1 aliphatic heterocycles. The zero-order valence-electron chi connectivity index (χ0n) is 15.2. The van der Waals surface area contributed by atoms with E-state index in [4.69, 9.17) is 9.47 Å². The second kappa shape index (κ2) is 8.62. The minimum atomic E-state index is -6.25. The van der Waals surface area contributed by atoms with E-state index in [0.29, 0.717) is 6.42 Å². The third-order valence-corrected chi connectivity index (χ3v) is 5.45. The summed E-state index contributed by atoms with van der Waals surface area (Å²) in [6.07, 6.45) is -10.3. The van der Waals surface area contributed by atoms with Gasteiger partial charge in [-0.15, -0.1) is 0 Å². The van der Waals surface area contributed by atoms with Gasteiger partial charge >= 0.3 is 21.5 Å². The topological polar surface area (TPSA) is 78.9 Å². The van der Waals surface area contributed by atoms with Crippen LogP contribution in [-0.2, 0) is 35.0 Å². The summed E-state index contributed by atoms with van der Waals surface area (Å²) in [5.41, 5.74) is 0.0660. The number of hydrogen-bond acceptors (Lipinski definition) is 6. The molecule has 164 valence electrons. The molecule has 29 heavy (non-hydrogen) atoms. The highest BCUT2D eigenvalue weighted by Crippen LogP contribution is 2.37. The molecule has 1 unspecified atom stereocenters. The van der Waals surface area contributed by atoms with Crippen LogP contribution in [0, 0.1) is 0 Å². The minimum Gasteiger partial charge on any atom is -0.350 e. The van der Waals surface area contributed by atoms with E-state index in [0.717, 1.165) is 6.92 Å². The average Bonchev–Trinajstić information content (AvgIpc) is 2.61. The van der Waals surface area contributed by atoms with Crippen LogP contribution in [0.5, 0.6) is 0 Å². The summed E-state index contributed by atoms with van der Waals surface area (Å²) >= 11 is 0. The van der Waals surface area contributed by atoms with Crippen molar-refractivity contribution < 1.29 is 48.8 Å². The summed E-state index contributed by atoms with van der Waals surface area (Å²) in [6, 6.07) is 6.97. The molecular weight excluding hydrogens is 427 g/mol. The molecule has 1 heterocycles. The van der Waals surface area contributed by atoms with Crippen molar-refractivity contribution in [3.8, 4) is 0 Å². The van der Waals surface area contributed by atoms with Crippen LogP contribution >= 0.6 is 0 Å². The summed E-state index contributed by atoms with van der Waals surface area (Å²) in [4.78, 5) is 11.8. The lowest BCUT2D eigenvalue weighted by atomic mass is 10.1. The number of ether oxygens (including phenoxy) is 2. The quantitative estimate of drug-likeness (QED) is 0.451. The van der Waals surface area contributed by atoms with Crippen molar-refractivity contribution in [1.82, 2.24) is 0 Å². The average molecular weight is 446 g/mol. The van der Waals surface area contributed by atoms with Gasteiger partial charge in [-0.2, -0.15) is 30.4 Å². The highest BCUT2D eigenvalue weighted by Gasteiger charge is 2.58. The van der Waals surface area contributed by atoms with Gasteiger partial charge in [0.1, 0.15) is 0 Å². The van der Waals surface area contributed by atoms with Gasteiger partial charge in [0.15, 0.2) is 11.9 Å². The molecule has 0 aromatic heterocycles. The fourth-order valence-corrected chi connectivity index (χ4v) is 3.53. The number of benzene rings is 1. The second-order valence-electron chi connectivity index (χ2n) is 6.57. The zero-order valence-corrected chi connectivity index (χ0v) is 16.1. The molecule has 0 spiro atoms. The monoisotopic (exact) mass is 446 g/mol. The predicted molar refractivity (Wildman–Crippen MR) is 89.5 cm³/mol. The maximum atomic E-state index is 14.2. The Bertz CT molecular complexity index is 803. The van der Waals surface area contributed by atoms with E-state index in [-0.39, 0.29) is 18.8 Å². The van der Waals surface area contributed by atoms with E-state index >= 15 is 0 Å². The Morgan fingerprint density at radius 3 is 2.21 bits per heavy atom. The van der Waals surface area contributed by atoms with E-state index in [1.807, 2.05) is 0 Å². The van der Waals surface area contributed by atoms with Gasteiger partial charge in [0, 0.05) is 12.8 Å². The van der Waals surface area contributed by atoms with Crippen LogP contribution in [0.1, 0.15) is 25.3 Å². The standard InChI is InChI=1S/C17H19F5O6S/c1-15(26-8-5-9-27-15)11-14(16(18,19)20)28-29(24,25)17(21,22)13(23)10-12-6-3-2-4-7-12/h2-4,6-7,14H,5,8-11H2,1H3. The molecule has 1 atom stereocenters. The number of ketones is 1. The third-order valence-electron chi connectivity index (χ3n) is 4.11. The molecule has 1 aromatic rings. The van der Waals surface area contributed by atoms with Crippen LogP contribution in [0.25, 0.3) is 0 Å². The number of carbonyl (C=O) groups excluding carboxylic acids is 1. The molecule has 1 saturated heterocycles. The van der Waals surface area contributed by atoms with Gasteiger partial charge in [-0.25, -0.2) is 0 Å². The second-order valence-corrected chi connectivity index (χ2v) is 8.18. The van der Waals surface area contributed by atoms with Gasteiger partial charge in [-0.1, -0.05) is 30.3 Å². The number of Topliss-reactive ketones (excluding diaryl/α,β-unsaturated/α-hetero) is 1. The van der Waals surface area contributed by atoms with Crippen molar-refractivity contribution in [3.63, 3.8) is 0 Å². The van der Waals surface area contributed by atoms with Crippen molar-refractivity contribution in [2.75, 3.05) is 13.2 Å². The Morgan fingerprint density at radius 1 is 1.14 bits per heavy atom. The number of hydrogen-bond donors (Lipinski definition) is 0. The summed E-state index contributed by atoms with van der Waals surface area (Å²) in [6.45, 7) is 1.19. The predicted octanol–water partition coefficient (Wildman–Crippen LogP) is 3.21. The fraction of sp³-hybridized carbons (Fsp3) is 0.588. The van der Waals surface area contributed by atoms with Gasteiger partial charge in [0.05, 0.1) is 13.2 Å². The Kier molecular flexibility index (Phi) is 7.03. The van der Waals surface area contributed by atoms with Gasteiger partial charge in [0.25, 0.3) is 0 Å². The molecule has 0 aliphatic carbocycles. The molecule has 6 nitrogen and oxygen atoms in total. The molecule has 0 radical (unpaired) electrons. The van der Waals surface area contributed by atoms with Gasteiger partial charge in [-0.3, -0.25) is 8.98 Å². The lowest BCUT2D eigenvalue weighted by molar-refractivity contribution is -0.288. The van der Waals surface area contributed by atoms with Crippen molar-refractivity contribution in [3.05, 3.63) is 35.9 Å². The normalized spacial score (nSPS) is 19.0. The highest BCUT2D eigenvalue weighted by molar-refractivity contribution is 7.88. The van der Waals surface area contributed by atoms with Gasteiger partial charge in [-0.05, 0) is 18.9 Å². The first-order chi connectivity index (χ1) is 13.3. The molecule has 2 rings (SSSR count). The van der Waals surface area contributed by atoms with Crippen LogP contribution in [0.15, 0.2) is 30.3 Å². The first-order valence-electron chi connectivity index (χ1n) is 8.49. The molecule has 0 N–H and O–H groups in total. The number of alkyl halides is 5. The number of halogens is 5. The molecule has 12 heteroatoms. The summed E-state index contributed by atoms with van der Waals surface area (Å²) < 4.78 is 106. The van der Waals surface area contributed by atoms with Crippen LogP contribution in [0.3, 0.4) is 0 Å². The SMILES string of the molecule is CC1(CC(OS(=O)(=O)C(F)(F)C(=O)Cc2ccccc2)C(F)(F)F)OCCCO1. The Morgan fingerprint density at radius 2 is 1.69 bits per heavy atom. The maximum absolute atomic E-state index is 14.2. The summed E-state index contributed by atoms with van der Waals surface area (Å²) in [5, 5.41) is -5.18. The maximum Gasteiger partial charge on any atom is 0.427 e. The van der Waals surface area contributed by atoms with E-state index in [2.05, 4.69) is 4.18 Å². The Labute approximate surface area is 164 Å². The minimum absolute atomic E-state index is 0.0412. The lowest BCUT2D eigenvalue weighted by Gasteiger charge is -2.36. The van der Waals surface area contributed by atoms with E-state index < -0.39 is 52.1 Å². The lowest BCUT2D eigenvalue weighted by Crippen LogP contribution is -2.49. The Balaban J connectivity index is 2.20. The van der Waals surface area contributed by atoms with Crippen molar-refractivity contribution in [2.24, 2.45) is 0 Å². The van der Waals surface area contributed by atoms with Crippen LogP contribution in [-0.4, -0.2) is 50.7 Å². The highest BCUT2D eigenvalue weighted by atomic mass is 32.2.